The van der Waals surface area contributed by atoms with E-state index in [1.54, 1.807) is 0 Å². The van der Waals surface area contributed by atoms with Gasteiger partial charge in [-0.25, -0.2) is 14.4 Å². The summed E-state index contributed by atoms with van der Waals surface area (Å²) < 4.78 is 15.0. The molecule has 6 nitrogen and oxygen atoms in total. The first-order valence-corrected chi connectivity index (χ1v) is 9.86. The van der Waals surface area contributed by atoms with Crippen molar-refractivity contribution in [3.8, 4) is 0 Å². The molecule has 0 unspecified atom stereocenters. The Hall–Kier alpha value is -1.63. The quantitative estimate of drug-likeness (QED) is 0.383. The molecule has 0 aliphatic carbocycles. The zero-order chi connectivity index (χ0) is 18.2. The highest BCUT2D eigenvalue weighted by molar-refractivity contribution is 6.78. The number of ether oxygens (including phenoxy) is 2. The lowest BCUT2D eigenvalue weighted by atomic mass is 10.5. The summed E-state index contributed by atoms with van der Waals surface area (Å²) in [5.41, 5.74) is 0.754. The minimum atomic E-state index is -2.34. The van der Waals surface area contributed by atoms with Crippen molar-refractivity contribution in [1.82, 2.24) is 0 Å². The molecule has 0 amide bonds. The molecular formula is C16H28O6Si. The lowest BCUT2D eigenvalue weighted by molar-refractivity contribution is -0.151. The fraction of sp³-hybridized carbons (Fsp3) is 0.688. The van der Waals surface area contributed by atoms with Crippen LogP contribution in [-0.4, -0.2) is 39.9 Å². The van der Waals surface area contributed by atoms with E-state index in [-0.39, 0.29) is 16.6 Å². The molecule has 0 fully saturated rings. The van der Waals surface area contributed by atoms with Crippen LogP contribution < -0.4 is 0 Å². The molecule has 0 N–H and O–H groups in total. The van der Waals surface area contributed by atoms with Crippen LogP contribution in [-0.2, 0) is 28.3 Å². The molecule has 0 atom stereocenters. The van der Waals surface area contributed by atoms with E-state index in [4.69, 9.17) is 9.16 Å². The Morgan fingerprint density at radius 3 is 1.70 bits per heavy atom. The third-order valence-corrected chi connectivity index (χ3v) is 9.88. The minimum absolute atomic E-state index is 0.251. The SMILES string of the molecule is COC(=O)/C=C/C(=O)OCC(=O)O[Si](C(C)C)(C(C)C)C(C)C. The number of hydrogen-bond acceptors (Lipinski definition) is 6. The van der Waals surface area contributed by atoms with Gasteiger partial charge in [0.25, 0.3) is 8.32 Å². The summed E-state index contributed by atoms with van der Waals surface area (Å²) in [6, 6.07) is 0. The Labute approximate surface area is 139 Å². The average molecular weight is 344 g/mol. The van der Waals surface area contributed by atoms with Gasteiger partial charge in [0.05, 0.1) is 7.11 Å². The molecule has 0 aromatic rings. The van der Waals surface area contributed by atoms with Crippen molar-refractivity contribution in [2.24, 2.45) is 0 Å². The van der Waals surface area contributed by atoms with Crippen LogP contribution in [0.3, 0.4) is 0 Å². The maximum absolute atomic E-state index is 12.1. The average Bonchev–Trinajstić information content (AvgIpc) is 2.46. The van der Waals surface area contributed by atoms with E-state index in [0.717, 1.165) is 12.2 Å². The summed E-state index contributed by atoms with van der Waals surface area (Å²) >= 11 is 0. The van der Waals surface area contributed by atoms with Crippen LogP contribution in [0.25, 0.3) is 0 Å². The second-order valence-corrected chi connectivity index (χ2v) is 11.6. The highest BCUT2D eigenvalue weighted by atomic mass is 28.4. The molecule has 0 saturated carbocycles. The number of esters is 2. The molecule has 0 saturated heterocycles. The van der Waals surface area contributed by atoms with Gasteiger partial charge in [-0.05, 0) is 16.6 Å². The normalized spacial score (nSPS) is 12.1. The molecular weight excluding hydrogens is 316 g/mol. The van der Waals surface area contributed by atoms with Crippen molar-refractivity contribution >= 4 is 26.2 Å². The molecule has 0 heterocycles. The summed E-state index contributed by atoms with van der Waals surface area (Å²) in [4.78, 5) is 34.4. The Kier molecular flexibility index (Phi) is 8.82. The van der Waals surface area contributed by atoms with Crippen molar-refractivity contribution in [3.05, 3.63) is 12.2 Å². The van der Waals surface area contributed by atoms with Crippen LogP contribution in [0.5, 0.6) is 0 Å². The van der Waals surface area contributed by atoms with Gasteiger partial charge in [0, 0.05) is 12.2 Å². The van der Waals surface area contributed by atoms with Gasteiger partial charge in [0.1, 0.15) is 0 Å². The second kappa shape index (κ2) is 9.49. The topological polar surface area (TPSA) is 78.9 Å². The maximum Gasteiger partial charge on any atom is 0.331 e. The molecule has 132 valence electrons. The summed E-state index contributed by atoms with van der Waals surface area (Å²) in [5.74, 6) is -2.01. The van der Waals surface area contributed by atoms with Gasteiger partial charge in [-0.1, -0.05) is 41.5 Å². The summed E-state index contributed by atoms with van der Waals surface area (Å²) in [7, 11) is -1.14. The first-order chi connectivity index (χ1) is 10.6. The standard InChI is InChI=1S/C16H28O6Si/c1-11(2)23(12(3)4,13(5)6)22-16(19)10-21-15(18)9-8-14(17)20-7/h8-9,11-13H,10H2,1-7H3/b9-8+. The third-order valence-electron chi connectivity index (χ3n) is 3.89. The van der Waals surface area contributed by atoms with Crippen molar-refractivity contribution in [3.63, 3.8) is 0 Å². The summed E-state index contributed by atoms with van der Waals surface area (Å²) in [6.07, 6.45) is 1.85. The van der Waals surface area contributed by atoms with E-state index in [2.05, 4.69) is 46.3 Å². The largest absolute Gasteiger partial charge is 0.516 e. The van der Waals surface area contributed by atoms with Crippen LogP contribution in [0.2, 0.25) is 16.6 Å². The van der Waals surface area contributed by atoms with E-state index in [1.165, 1.54) is 7.11 Å². The molecule has 0 aromatic heterocycles. The van der Waals surface area contributed by atoms with Gasteiger partial charge >= 0.3 is 17.9 Å². The van der Waals surface area contributed by atoms with Crippen molar-refractivity contribution in [1.29, 1.82) is 0 Å². The Morgan fingerprint density at radius 2 is 1.30 bits per heavy atom. The maximum atomic E-state index is 12.1. The van der Waals surface area contributed by atoms with Gasteiger partial charge in [-0.2, -0.15) is 0 Å². The molecule has 23 heavy (non-hydrogen) atoms. The van der Waals surface area contributed by atoms with Crippen molar-refractivity contribution < 1.29 is 28.3 Å². The van der Waals surface area contributed by atoms with E-state index in [0.29, 0.717) is 0 Å². The molecule has 0 spiro atoms. The lowest BCUT2D eigenvalue weighted by Crippen LogP contribution is -2.49. The molecule has 0 aromatic carbocycles. The summed E-state index contributed by atoms with van der Waals surface area (Å²) in [6.45, 7) is 11.9. The van der Waals surface area contributed by atoms with Crippen LogP contribution in [0.4, 0.5) is 0 Å². The molecule has 0 radical (unpaired) electrons. The van der Waals surface area contributed by atoms with Gasteiger partial charge in [0.2, 0.25) is 0 Å². The molecule has 0 aliphatic heterocycles. The van der Waals surface area contributed by atoms with Crippen LogP contribution in [0.15, 0.2) is 12.2 Å². The fourth-order valence-corrected chi connectivity index (χ4v) is 8.12. The first-order valence-electron chi connectivity index (χ1n) is 7.72. The molecule has 0 rings (SSSR count). The number of methoxy groups -OCH3 is 1. The van der Waals surface area contributed by atoms with Gasteiger partial charge in [-0.3, -0.25) is 0 Å². The van der Waals surface area contributed by atoms with Crippen LogP contribution in [0, 0.1) is 0 Å². The van der Waals surface area contributed by atoms with Crippen LogP contribution >= 0.6 is 0 Å². The van der Waals surface area contributed by atoms with Gasteiger partial charge in [-0.15, -0.1) is 0 Å². The second-order valence-electron chi connectivity index (χ2n) is 6.26. The lowest BCUT2D eigenvalue weighted by Gasteiger charge is -2.41. The van der Waals surface area contributed by atoms with E-state index in [9.17, 15) is 14.4 Å². The van der Waals surface area contributed by atoms with E-state index in [1.807, 2.05) is 0 Å². The third kappa shape index (κ3) is 6.17. The molecule has 0 aliphatic rings. The predicted octanol–water partition coefficient (Wildman–Crippen LogP) is 2.98. The smallest absolute Gasteiger partial charge is 0.331 e. The number of rotatable bonds is 8. The summed E-state index contributed by atoms with van der Waals surface area (Å²) in [5, 5.41) is 0. The number of carbonyl (C=O) groups excluding carboxylic acids is 3. The number of carbonyl (C=O) groups is 3. The van der Waals surface area contributed by atoms with Gasteiger partial charge < -0.3 is 13.9 Å². The highest BCUT2D eigenvalue weighted by Gasteiger charge is 2.48. The monoisotopic (exact) mass is 344 g/mol. The van der Waals surface area contributed by atoms with E-state index >= 15 is 0 Å². The zero-order valence-electron chi connectivity index (χ0n) is 15.0. The first kappa shape index (κ1) is 21.4. The molecule has 7 heteroatoms. The predicted molar refractivity (Wildman–Crippen MR) is 89.3 cm³/mol. The molecule has 0 bridgehead atoms. The Balaban J connectivity index is 4.76. The van der Waals surface area contributed by atoms with Crippen LogP contribution in [0.1, 0.15) is 41.5 Å². The minimum Gasteiger partial charge on any atom is -0.516 e. The van der Waals surface area contributed by atoms with Gasteiger partial charge in [0.15, 0.2) is 6.61 Å². The van der Waals surface area contributed by atoms with Crippen molar-refractivity contribution in [2.75, 3.05) is 13.7 Å². The Bertz CT molecular complexity index is 432. The fourth-order valence-electron chi connectivity index (χ4n) is 2.96. The Morgan fingerprint density at radius 1 is 0.870 bits per heavy atom. The van der Waals surface area contributed by atoms with E-state index < -0.39 is 32.8 Å². The zero-order valence-corrected chi connectivity index (χ0v) is 16.0. The van der Waals surface area contributed by atoms with Crippen molar-refractivity contribution in [2.45, 2.75) is 58.2 Å². The highest BCUT2D eigenvalue weighted by Crippen LogP contribution is 2.42. The number of hydrogen-bond donors (Lipinski definition) is 0.